The first-order valence-electron chi connectivity index (χ1n) is 9.98. The Morgan fingerprint density at radius 1 is 1.16 bits per heavy atom. The SMILES string of the molecule is [C-]#[N+]c1cnc(Nc2cc(-c3c(F)cc(N4CCN(CC)CC4)cc3OC)[nH]n2)cn1. The first-order valence-corrected chi connectivity index (χ1v) is 9.98. The van der Waals surface area contributed by atoms with Crippen LogP contribution in [0, 0.1) is 12.4 Å². The fraction of sp³-hybridized carbons (Fsp3) is 0.333. The summed E-state index contributed by atoms with van der Waals surface area (Å²) < 4.78 is 20.7. The topological polar surface area (TPSA) is 86.6 Å². The van der Waals surface area contributed by atoms with E-state index in [4.69, 9.17) is 11.3 Å². The number of nitrogens with zero attached hydrogens (tertiary/aromatic N) is 6. The third-order valence-corrected chi connectivity index (χ3v) is 5.30. The number of aromatic nitrogens is 4. The molecule has 31 heavy (non-hydrogen) atoms. The Bertz CT molecular complexity index is 1080. The van der Waals surface area contributed by atoms with Gasteiger partial charge in [-0.3, -0.25) is 5.10 Å². The van der Waals surface area contributed by atoms with Crippen molar-refractivity contribution in [2.24, 2.45) is 0 Å². The first-order chi connectivity index (χ1) is 15.1. The van der Waals surface area contributed by atoms with Crippen LogP contribution in [0.15, 0.2) is 30.6 Å². The third-order valence-electron chi connectivity index (χ3n) is 5.30. The molecule has 10 heteroatoms. The van der Waals surface area contributed by atoms with Crippen molar-refractivity contribution in [1.29, 1.82) is 0 Å². The summed E-state index contributed by atoms with van der Waals surface area (Å²) >= 11 is 0. The van der Waals surface area contributed by atoms with Gasteiger partial charge in [0.2, 0.25) is 0 Å². The van der Waals surface area contributed by atoms with Crippen molar-refractivity contribution in [2.75, 3.05) is 50.1 Å². The van der Waals surface area contributed by atoms with Crippen molar-refractivity contribution in [3.05, 3.63) is 47.8 Å². The standard InChI is InChI=1S/C21H23FN8O/c1-4-29-5-7-30(8-6-29)14-9-15(22)21(17(10-14)31-3)16-11-18(28-27-16)26-20-13-24-19(23-2)12-25-20/h9-13H,4-8H2,1,3H3,(H2,25,26,27,28). The number of likely N-dealkylation sites (N-methyl/N-ethyl adjacent to an activating group) is 1. The maximum atomic E-state index is 15.2. The number of hydrogen-bond acceptors (Lipinski definition) is 7. The lowest BCUT2D eigenvalue weighted by atomic mass is 10.1. The van der Waals surface area contributed by atoms with Gasteiger partial charge in [-0.05, 0) is 12.6 Å². The molecule has 0 bridgehead atoms. The van der Waals surface area contributed by atoms with Gasteiger partial charge in [-0.2, -0.15) is 5.10 Å². The van der Waals surface area contributed by atoms with Crippen molar-refractivity contribution in [1.82, 2.24) is 25.1 Å². The van der Waals surface area contributed by atoms with E-state index in [1.54, 1.807) is 12.1 Å². The number of hydrogen-bond donors (Lipinski definition) is 2. The van der Waals surface area contributed by atoms with Crippen LogP contribution < -0.4 is 15.0 Å². The fourth-order valence-corrected chi connectivity index (χ4v) is 3.58. The number of anilines is 3. The molecule has 2 aromatic heterocycles. The summed E-state index contributed by atoms with van der Waals surface area (Å²) in [6.45, 7) is 13.7. The Kier molecular flexibility index (Phi) is 5.95. The van der Waals surface area contributed by atoms with Crippen LogP contribution in [-0.2, 0) is 0 Å². The molecule has 1 aliphatic rings. The second kappa shape index (κ2) is 8.97. The van der Waals surface area contributed by atoms with Crippen molar-refractivity contribution < 1.29 is 9.13 Å². The van der Waals surface area contributed by atoms with Gasteiger partial charge in [0.05, 0.1) is 24.6 Å². The van der Waals surface area contributed by atoms with E-state index >= 15 is 4.39 Å². The zero-order valence-electron chi connectivity index (χ0n) is 17.4. The van der Waals surface area contributed by atoms with E-state index in [0.29, 0.717) is 28.6 Å². The van der Waals surface area contributed by atoms with E-state index in [-0.39, 0.29) is 11.6 Å². The molecule has 0 amide bonds. The molecule has 4 rings (SSSR count). The molecule has 0 radical (unpaired) electrons. The van der Waals surface area contributed by atoms with E-state index in [9.17, 15) is 0 Å². The minimum Gasteiger partial charge on any atom is -0.496 e. The molecule has 9 nitrogen and oxygen atoms in total. The van der Waals surface area contributed by atoms with Crippen molar-refractivity contribution in [3.63, 3.8) is 0 Å². The van der Waals surface area contributed by atoms with Crippen molar-refractivity contribution in [3.8, 4) is 17.0 Å². The minimum absolute atomic E-state index is 0.205. The van der Waals surface area contributed by atoms with Gasteiger partial charge in [-0.15, -0.1) is 4.98 Å². The monoisotopic (exact) mass is 422 g/mol. The number of rotatable bonds is 6. The van der Waals surface area contributed by atoms with Gasteiger partial charge >= 0.3 is 0 Å². The highest BCUT2D eigenvalue weighted by Gasteiger charge is 2.21. The van der Waals surface area contributed by atoms with Gasteiger partial charge in [0, 0.05) is 44.0 Å². The zero-order valence-corrected chi connectivity index (χ0v) is 17.4. The predicted octanol–water partition coefficient (Wildman–Crippen LogP) is 3.45. The minimum atomic E-state index is -0.385. The van der Waals surface area contributed by atoms with E-state index in [0.717, 1.165) is 38.4 Å². The smallest absolute Gasteiger partial charge is 0.288 e. The Labute approximate surface area is 179 Å². The van der Waals surface area contributed by atoms with Gasteiger partial charge in [-0.1, -0.05) is 13.5 Å². The summed E-state index contributed by atoms with van der Waals surface area (Å²) in [5.41, 5.74) is 1.60. The molecule has 0 atom stereocenters. The molecule has 1 aliphatic heterocycles. The molecule has 1 fully saturated rings. The summed E-state index contributed by atoms with van der Waals surface area (Å²) in [6.07, 6.45) is 2.81. The van der Waals surface area contributed by atoms with Gasteiger partial charge < -0.3 is 24.7 Å². The molecule has 1 saturated heterocycles. The van der Waals surface area contributed by atoms with Crippen LogP contribution in [0.5, 0.6) is 5.75 Å². The molecule has 0 saturated carbocycles. The molecule has 3 heterocycles. The third kappa shape index (κ3) is 4.41. The summed E-state index contributed by atoms with van der Waals surface area (Å²) in [5.74, 6) is 1.13. The van der Waals surface area contributed by atoms with Gasteiger partial charge in [0.1, 0.15) is 11.6 Å². The lowest BCUT2D eigenvalue weighted by molar-refractivity contribution is 0.271. The number of halogens is 1. The molecule has 0 spiro atoms. The summed E-state index contributed by atoms with van der Waals surface area (Å²) in [6, 6.07) is 5.08. The first kappa shape index (κ1) is 20.6. The van der Waals surface area contributed by atoms with Crippen molar-refractivity contribution >= 4 is 23.1 Å². The molecule has 0 aliphatic carbocycles. The van der Waals surface area contributed by atoms with E-state index in [1.165, 1.54) is 19.5 Å². The Hall–Kier alpha value is -3.71. The number of ether oxygens (including phenoxy) is 1. The van der Waals surface area contributed by atoms with E-state index < -0.39 is 0 Å². The molecule has 2 N–H and O–H groups in total. The Morgan fingerprint density at radius 3 is 2.61 bits per heavy atom. The van der Waals surface area contributed by atoms with Crippen molar-refractivity contribution in [2.45, 2.75) is 6.92 Å². The molecule has 3 aromatic rings. The fourth-order valence-electron chi connectivity index (χ4n) is 3.58. The van der Waals surface area contributed by atoms with Crippen LogP contribution in [0.25, 0.3) is 16.1 Å². The second-order valence-corrected chi connectivity index (χ2v) is 7.09. The average Bonchev–Trinajstić information content (AvgIpc) is 3.26. The summed E-state index contributed by atoms with van der Waals surface area (Å²) in [4.78, 5) is 15.8. The highest BCUT2D eigenvalue weighted by Crippen LogP contribution is 2.36. The molecule has 1 aromatic carbocycles. The maximum Gasteiger partial charge on any atom is 0.288 e. The quantitative estimate of drug-likeness (QED) is 0.589. The number of methoxy groups -OCH3 is 1. The average molecular weight is 422 g/mol. The number of piperazine rings is 1. The zero-order chi connectivity index (χ0) is 21.8. The maximum absolute atomic E-state index is 15.2. The normalized spacial score (nSPS) is 14.3. The number of nitrogens with one attached hydrogen (secondary N) is 2. The molecule has 0 unspecified atom stereocenters. The molecule has 160 valence electrons. The van der Waals surface area contributed by atoms with Crippen LogP contribution >= 0.6 is 0 Å². The molecular weight excluding hydrogens is 399 g/mol. The highest BCUT2D eigenvalue weighted by atomic mass is 19.1. The molecular formula is C21H23FN8O. The number of H-pyrrole nitrogens is 1. The Morgan fingerprint density at radius 2 is 1.97 bits per heavy atom. The van der Waals surface area contributed by atoms with E-state index in [2.05, 4.69) is 47.1 Å². The Balaban J connectivity index is 1.56. The second-order valence-electron chi connectivity index (χ2n) is 7.09. The number of aromatic amines is 1. The lowest BCUT2D eigenvalue weighted by Gasteiger charge is -2.35. The van der Waals surface area contributed by atoms with E-state index in [1.807, 2.05) is 6.07 Å². The largest absolute Gasteiger partial charge is 0.496 e. The van der Waals surface area contributed by atoms with Crippen LogP contribution in [-0.4, -0.2) is 64.9 Å². The number of benzene rings is 1. The lowest BCUT2D eigenvalue weighted by Crippen LogP contribution is -2.46. The predicted molar refractivity (Wildman–Crippen MR) is 116 cm³/mol. The summed E-state index contributed by atoms with van der Waals surface area (Å²) in [5, 5.41) is 10.00. The van der Waals surface area contributed by atoms with Gasteiger partial charge in [0.25, 0.3) is 5.82 Å². The van der Waals surface area contributed by atoms with Crippen LogP contribution in [0.1, 0.15) is 6.92 Å². The van der Waals surface area contributed by atoms with Gasteiger partial charge in [-0.25, -0.2) is 9.37 Å². The van der Waals surface area contributed by atoms with Gasteiger partial charge in [0.15, 0.2) is 17.8 Å². The highest BCUT2D eigenvalue weighted by molar-refractivity contribution is 5.74. The van der Waals surface area contributed by atoms with Crippen LogP contribution in [0.4, 0.5) is 27.5 Å². The van der Waals surface area contributed by atoms with Crippen LogP contribution in [0.3, 0.4) is 0 Å². The van der Waals surface area contributed by atoms with Crippen LogP contribution in [0.2, 0.25) is 0 Å². The summed E-state index contributed by atoms with van der Waals surface area (Å²) in [7, 11) is 1.53.